The SMILES string of the molecule is CNCCOc1ccc(N2CCNCC2)cc1.Cl. The summed E-state index contributed by atoms with van der Waals surface area (Å²) in [6.07, 6.45) is 0. The Morgan fingerprint density at radius 2 is 1.89 bits per heavy atom. The van der Waals surface area contributed by atoms with Gasteiger partial charge >= 0.3 is 0 Å². The molecule has 1 saturated heterocycles. The summed E-state index contributed by atoms with van der Waals surface area (Å²) >= 11 is 0. The van der Waals surface area contributed by atoms with E-state index in [1.165, 1.54) is 5.69 Å². The van der Waals surface area contributed by atoms with Crippen molar-refractivity contribution in [3.05, 3.63) is 24.3 Å². The van der Waals surface area contributed by atoms with Crippen molar-refractivity contribution >= 4 is 18.1 Å². The lowest BCUT2D eigenvalue weighted by Crippen LogP contribution is -2.43. The molecule has 102 valence electrons. The molecular formula is C13H22ClN3O. The molecule has 0 radical (unpaired) electrons. The van der Waals surface area contributed by atoms with Crippen LogP contribution >= 0.6 is 12.4 Å². The van der Waals surface area contributed by atoms with Crippen molar-refractivity contribution in [2.24, 2.45) is 0 Å². The number of rotatable bonds is 5. The molecule has 1 fully saturated rings. The van der Waals surface area contributed by atoms with Crippen molar-refractivity contribution in [3.8, 4) is 5.75 Å². The Labute approximate surface area is 115 Å². The zero-order valence-electron chi connectivity index (χ0n) is 10.8. The first-order chi connectivity index (χ1) is 8.40. The monoisotopic (exact) mass is 271 g/mol. The lowest BCUT2D eigenvalue weighted by atomic mass is 10.2. The van der Waals surface area contributed by atoms with Crippen molar-refractivity contribution in [3.63, 3.8) is 0 Å². The van der Waals surface area contributed by atoms with Crippen LogP contribution in [0.3, 0.4) is 0 Å². The molecule has 4 nitrogen and oxygen atoms in total. The third kappa shape index (κ3) is 4.37. The molecule has 1 aliphatic rings. The molecule has 0 aliphatic carbocycles. The van der Waals surface area contributed by atoms with Crippen LogP contribution in [0.15, 0.2) is 24.3 Å². The van der Waals surface area contributed by atoms with Gasteiger partial charge in [-0.25, -0.2) is 0 Å². The van der Waals surface area contributed by atoms with Gasteiger partial charge in [-0.05, 0) is 31.3 Å². The summed E-state index contributed by atoms with van der Waals surface area (Å²) in [4.78, 5) is 2.40. The van der Waals surface area contributed by atoms with Crippen molar-refractivity contribution < 1.29 is 4.74 Å². The highest BCUT2D eigenvalue weighted by atomic mass is 35.5. The van der Waals surface area contributed by atoms with Gasteiger partial charge in [0.2, 0.25) is 0 Å². The molecule has 5 heteroatoms. The second-order valence-electron chi connectivity index (χ2n) is 4.18. The number of piperazine rings is 1. The smallest absolute Gasteiger partial charge is 0.119 e. The Balaban J connectivity index is 0.00000162. The van der Waals surface area contributed by atoms with E-state index in [4.69, 9.17) is 4.74 Å². The maximum absolute atomic E-state index is 5.60. The molecule has 0 atom stereocenters. The number of hydrogen-bond donors (Lipinski definition) is 2. The van der Waals surface area contributed by atoms with Crippen molar-refractivity contribution in [2.45, 2.75) is 0 Å². The molecule has 1 aromatic rings. The minimum atomic E-state index is 0. The van der Waals surface area contributed by atoms with Gasteiger partial charge in [0, 0.05) is 38.4 Å². The van der Waals surface area contributed by atoms with Crippen LogP contribution in [0.25, 0.3) is 0 Å². The Bertz CT molecular complexity index is 326. The largest absolute Gasteiger partial charge is 0.492 e. The first-order valence-electron chi connectivity index (χ1n) is 6.23. The number of likely N-dealkylation sites (N-methyl/N-ethyl adjacent to an activating group) is 1. The van der Waals surface area contributed by atoms with Gasteiger partial charge in [-0.1, -0.05) is 0 Å². The van der Waals surface area contributed by atoms with Crippen LogP contribution in [0.2, 0.25) is 0 Å². The standard InChI is InChI=1S/C13H21N3O.ClH/c1-14-8-11-17-13-4-2-12(3-5-13)16-9-6-15-7-10-16;/h2-5,14-15H,6-11H2,1H3;1H. The van der Waals surface area contributed by atoms with Crippen molar-refractivity contribution in [2.75, 3.05) is 51.3 Å². The molecule has 0 bridgehead atoms. The molecule has 0 amide bonds. The summed E-state index contributed by atoms with van der Waals surface area (Å²) in [6, 6.07) is 8.38. The van der Waals surface area contributed by atoms with Gasteiger partial charge in [-0.2, -0.15) is 0 Å². The maximum atomic E-state index is 5.60. The molecule has 1 aromatic carbocycles. The van der Waals surface area contributed by atoms with Gasteiger partial charge < -0.3 is 20.3 Å². The molecular weight excluding hydrogens is 250 g/mol. The second kappa shape index (κ2) is 8.19. The molecule has 1 heterocycles. The van der Waals surface area contributed by atoms with Crippen molar-refractivity contribution in [1.82, 2.24) is 10.6 Å². The van der Waals surface area contributed by atoms with Gasteiger partial charge in [-0.15, -0.1) is 12.4 Å². The van der Waals surface area contributed by atoms with Crippen LogP contribution in [-0.4, -0.2) is 46.4 Å². The fraction of sp³-hybridized carbons (Fsp3) is 0.538. The normalized spacial score (nSPS) is 15.1. The summed E-state index contributed by atoms with van der Waals surface area (Å²) < 4.78 is 5.60. The highest BCUT2D eigenvalue weighted by Gasteiger charge is 2.09. The third-order valence-corrected chi connectivity index (χ3v) is 2.94. The second-order valence-corrected chi connectivity index (χ2v) is 4.18. The number of benzene rings is 1. The van der Waals surface area contributed by atoms with E-state index in [1.807, 2.05) is 19.2 Å². The molecule has 0 saturated carbocycles. The number of anilines is 1. The van der Waals surface area contributed by atoms with Crippen LogP contribution in [0.1, 0.15) is 0 Å². The van der Waals surface area contributed by atoms with Crippen LogP contribution in [-0.2, 0) is 0 Å². The van der Waals surface area contributed by atoms with E-state index >= 15 is 0 Å². The predicted molar refractivity (Wildman–Crippen MR) is 78.2 cm³/mol. The first-order valence-corrected chi connectivity index (χ1v) is 6.23. The van der Waals surface area contributed by atoms with E-state index in [0.29, 0.717) is 6.61 Å². The summed E-state index contributed by atoms with van der Waals surface area (Å²) in [6.45, 7) is 5.89. The lowest BCUT2D eigenvalue weighted by molar-refractivity contribution is 0.318. The van der Waals surface area contributed by atoms with E-state index in [2.05, 4.69) is 27.7 Å². The number of nitrogens with one attached hydrogen (secondary N) is 2. The average molecular weight is 272 g/mol. The quantitative estimate of drug-likeness (QED) is 0.787. The molecule has 2 N–H and O–H groups in total. The van der Waals surface area contributed by atoms with E-state index in [-0.39, 0.29) is 12.4 Å². The van der Waals surface area contributed by atoms with Gasteiger partial charge in [0.25, 0.3) is 0 Å². The zero-order chi connectivity index (χ0) is 11.9. The van der Waals surface area contributed by atoms with Gasteiger partial charge in [-0.3, -0.25) is 0 Å². The average Bonchev–Trinajstić information content (AvgIpc) is 2.41. The van der Waals surface area contributed by atoms with E-state index in [0.717, 1.165) is 38.5 Å². The van der Waals surface area contributed by atoms with Gasteiger partial charge in [0.05, 0.1) is 0 Å². The molecule has 0 spiro atoms. The van der Waals surface area contributed by atoms with Crippen LogP contribution < -0.4 is 20.3 Å². The number of hydrogen-bond acceptors (Lipinski definition) is 4. The fourth-order valence-corrected chi connectivity index (χ4v) is 1.95. The first kappa shape index (κ1) is 15.1. The maximum Gasteiger partial charge on any atom is 0.119 e. The van der Waals surface area contributed by atoms with E-state index in [9.17, 15) is 0 Å². The minimum Gasteiger partial charge on any atom is -0.492 e. The summed E-state index contributed by atoms with van der Waals surface area (Å²) in [5.41, 5.74) is 1.28. The summed E-state index contributed by atoms with van der Waals surface area (Å²) in [5.74, 6) is 0.944. The number of nitrogens with zero attached hydrogens (tertiary/aromatic N) is 1. The van der Waals surface area contributed by atoms with E-state index < -0.39 is 0 Å². The highest BCUT2D eigenvalue weighted by molar-refractivity contribution is 5.85. The van der Waals surface area contributed by atoms with Gasteiger partial charge in [0.15, 0.2) is 0 Å². The third-order valence-electron chi connectivity index (χ3n) is 2.94. The Morgan fingerprint density at radius 1 is 1.22 bits per heavy atom. The van der Waals surface area contributed by atoms with Crippen LogP contribution in [0, 0.1) is 0 Å². The Kier molecular flexibility index (Phi) is 6.86. The molecule has 2 rings (SSSR count). The topological polar surface area (TPSA) is 36.5 Å². The minimum absolute atomic E-state index is 0. The fourth-order valence-electron chi connectivity index (χ4n) is 1.95. The molecule has 18 heavy (non-hydrogen) atoms. The molecule has 0 aromatic heterocycles. The lowest BCUT2D eigenvalue weighted by Gasteiger charge is -2.29. The Morgan fingerprint density at radius 3 is 2.50 bits per heavy atom. The Hall–Kier alpha value is -0.970. The van der Waals surface area contributed by atoms with Crippen molar-refractivity contribution in [1.29, 1.82) is 0 Å². The highest BCUT2D eigenvalue weighted by Crippen LogP contribution is 2.19. The summed E-state index contributed by atoms with van der Waals surface area (Å²) in [7, 11) is 1.93. The zero-order valence-corrected chi connectivity index (χ0v) is 11.6. The van der Waals surface area contributed by atoms with Crippen LogP contribution in [0.5, 0.6) is 5.75 Å². The summed E-state index contributed by atoms with van der Waals surface area (Å²) in [5, 5.41) is 6.42. The number of halogens is 1. The predicted octanol–water partition coefficient (Wildman–Crippen LogP) is 1.12. The van der Waals surface area contributed by atoms with E-state index in [1.54, 1.807) is 0 Å². The molecule has 1 aliphatic heterocycles. The molecule has 0 unspecified atom stereocenters. The van der Waals surface area contributed by atoms with Gasteiger partial charge in [0.1, 0.15) is 12.4 Å². The number of ether oxygens (including phenoxy) is 1. The van der Waals surface area contributed by atoms with Crippen LogP contribution in [0.4, 0.5) is 5.69 Å².